The van der Waals surface area contributed by atoms with Gasteiger partial charge in [-0.2, -0.15) is 0 Å². The molecule has 1 aliphatic rings. The van der Waals surface area contributed by atoms with Crippen molar-refractivity contribution in [2.45, 2.75) is 32.1 Å². The first-order valence-electron chi connectivity index (χ1n) is 9.66. The summed E-state index contributed by atoms with van der Waals surface area (Å²) in [5.41, 5.74) is 2.96. The van der Waals surface area contributed by atoms with E-state index in [9.17, 15) is 4.79 Å². The highest BCUT2D eigenvalue weighted by atomic mass is 35.5. The third-order valence-corrected chi connectivity index (χ3v) is 5.91. The average Bonchev–Trinajstić information content (AvgIpc) is 2.74. The van der Waals surface area contributed by atoms with Gasteiger partial charge < -0.3 is 10.6 Å². The average molecular weight is 418 g/mol. The van der Waals surface area contributed by atoms with Crippen LogP contribution in [0.25, 0.3) is 11.3 Å². The van der Waals surface area contributed by atoms with Crippen LogP contribution in [0.15, 0.2) is 42.7 Å². The number of rotatable bonds is 6. The molecule has 28 heavy (non-hydrogen) atoms. The Labute approximate surface area is 176 Å². The van der Waals surface area contributed by atoms with E-state index in [1.54, 1.807) is 31.6 Å². The van der Waals surface area contributed by atoms with E-state index in [1.807, 2.05) is 18.2 Å². The lowest BCUT2D eigenvalue weighted by Gasteiger charge is -2.24. The summed E-state index contributed by atoms with van der Waals surface area (Å²) in [7, 11) is 1.63. The van der Waals surface area contributed by atoms with Gasteiger partial charge in [-0.05, 0) is 48.6 Å². The van der Waals surface area contributed by atoms with Crippen LogP contribution in [0.4, 0.5) is 0 Å². The molecule has 0 atom stereocenters. The summed E-state index contributed by atoms with van der Waals surface area (Å²) in [6.07, 6.45) is 9.76. The van der Waals surface area contributed by atoms with Gasteiger partial charge in [-0.3, -0.25) is 9.78 Å². The Morgan fingerprint density at radius 2 is 1.75 bits per heavy atom. The predicted octanol–water partition coefficient (Wildman–Crippen LogP) is 5.17. The van der Waals surface area contributed by atoms with E-state index in [0.29, 0.717) is 21.5 Å². The minimum absolute atomic E-state index is 0.179. The molecule has 148 valence electrons. The number of carbonyl (C=O) groups is 1. The summed E-state index contributed by atoms with van der Waals surface area (Å²) in [6, 6.07) is 9.08. The minimum Gasteiger partial charge on any atom is -0.384 e. The fourth-order valence-corrected chi connectivity index (χ4v) is 3.95. The van der Waals surface area contributed by atoms with E-state index in [4.69, 9.17) is 23.2 Å². The Morgan fingerprint density at radius 1 is 1.04 bits per heavy atom. The molecule has 2 N–H and O–H groups in total. The third-order valence-electron chi connectivity index (χ3n) is 5.17. The van der Waals surface area contributed by atoms with Crippen molar-refractivity contribution in [2.24, 2.45) is 5.92 Å². The number of amides is 1. The number of hydrogen-bond donors (Lipinski definition) is 2. The molecule has 6 heteroatoms. The normalized spacial score (nSPS) is 15.7. The smallest absolute Gasteiger partial charge is 0.253 e. The van der Waals surface area contributed by atoms with Crippen LogP contribution in [0.2, 0.25) is 10.0 Å². The number of likely N-dealkylation sites (N-methyl/N-ethyl adjacent to an activating group) is 1. The maximum absolute atomic E-state index is 12.9. The number of aromatic nitrogens is 1. The number of hydrogen-bond acceptors (Lipinski definition) is 3. The lowest BCUT2D eigenvalue weighted by molar-refractivity contribution is -0.115. The SMILES string of the molecule is CNC(=O)/C(=C(\NCC1CCCCC1)c1ccncc1)c1ccc(Cl)c(Cl)c1. The van der Waals surface area contributed by atoms with Gasteiger partial charge in [-0.15, -0.1) is 0 Å². The zero-order valence-electron chi connectivity index (χ0n) is 16.0. The first-order valence-corrected chi connectivity index (χ1v) is 10.4. The van der Waals surface area contributed by atoms with Gasteiger partial charge in [0.2, 0.25) is 0 Å². The summed E-state index contributed by atoms with van der Waals surface area (Å²) in [6.45, 7) is 0.833. The van der Waals surface area contributed by atoms with Crippen LogP contribution in [0.3, 0.4) is 0 Å². The van der Waals surface area contributed by atoms with Gasteiger partial charge in [0, 0.05) is 31.5 Å². The van der Waals surface area contributed by atoms with Crippen LogP contribution >= 0.6 is 23.2 Å². The standard InChI is InChI=1S/C22H25Cl2N3O/c1-25-22(28)20(17-7-8-18(23)19(24)13-17)21(16-9-11-26-12-10-16)27-14-15-5-3-2-4-6-15/h7-13,15,27H,2-6,14H2,1H3,(H,25,28)/b21-20-. The van der Waals surface area contributed by atoms with Gasteiger partial charge in [-0.1, -0.05) is 48.5 Å². The summed E-state index contributed by atoms with van der Waals surface area (Å²) in [5, 5.41) is 7.20. The van der Waals surface area contributed by atoms with Crippen LogP contribution in [0, 0.1) is 5.92 Å². The van der Waals surface area contributed by atoms with Crippen molar-refractivity contribution in [3.8, 4) is 0 Å². The number of nitrogens with one attached hydrogen (secondary N) is 2. The first-order chi connectivity index (χ1) is 13.6. The van der Waals surface area contributed by atoms with E-state index in [1.165, 1.54) is 32.1 Å². The van der Waals surface area contributed by atoms with Crippen molar-refractivity contribution in [2.75, 3.05) is 13.6 Å². The zero-order valence-corrected chi connectivity index (χ0v) is 17.5. The summed E-state index contributed by atoms with van der Waals surface area (Å²) in [5.74, 6) is 0.437. The highest BCUT2D eigenvalue weighted by Crippen LogP contribution is 2.31. The van der Waals surface area contributed by atoms with Crippen LogP contribution in [-0.4, -0.2) is 24.5 Å². The largest absolute Gasteiger partial charge is 0.384 e. The Hall–Kier alpha value is -2.04. The molecule has 0 radical (unpaired) electrons. The summed E-state index contributed by atoms with van der Waals surface area (Å²) < 4.78 is 0. The predicted molar refractivity (Wildman–Crippen MR) is 116 cm³/mol. The van der Waals surface area contributed by atoms with Crippen LogP contribution < -0.4 is 10.6 Å². The fourth-order valence-electron chi connectivity index (χ4n) is 3.66. The molecule has 1 fully saturated rings. The number of carbonyl (C=O) groups excluding carboxylic acids is 1. The first kappa shape index (κ1) is 20.7. The number of halogens is 2. The van der Waals surface area contributed by atoms with Crippen molar-refractivity contribution in [1.82, 2.24) is 15.6 Å². The molecule has 0 aliphatic heterocycles. The molecule has 3 rings (SSSR count). The van der Waals surface area contributed by atoms with Crippen molar-refractivity contribution in [3.63, 3.8) is 0 Å². The molecule has 0 unspecified atom stereocenters. The van der Waals surface area contributed by atoms with Gasteiger partial charge in [0.25, 0.3) is 5.91 Å². The molecule has 2 aromatic rings. The highest BCUT2D eigenvalue weighted by Gasteiger charge is 2.21. The minimum atomic E-state index is -0.179. The highest BCUT2D eigenvalue weighted by molar-refractivity contribution is 6.42. The molecule has 1 aromatic heterocycles. The second-order valence-corrected chi connectivity index (χ2v) is 7.89. The maximum Gasteiger partial charge on any atom is 0.253 e. The summed E-state index contributed by atoms with van der Waals surface area (Å²) in [4.78, 5) is 17.0. The number of nitrogens with zero attached hydrogens (tertiary/aromatic N) is 1. The van der Waals surface area contributed by atoms with Gasteiger partial charge in [-0.25, -0.2) is 0 Å². The second kappa shape index (κ2) is 9.94. The molecule has 0 saturated heterocycles. The maximum atomic E-state index is 12.9. The topological polar surface area (TPSA) is 54.0 Å². The fraction of sp³-hybridized carbons (Fsp3) is 0.364. The monoisotopic (exact) mass is 417 g/mol. The van der Waals surface area contributed by atoms with E-state index < -0.39 is 0 Å². The third kappa shape index (κ3) is 5.06. The van der Waals surface area contributed by atoms with E-state index >= 15 is 0 Å². The van der Waals surface area contributed by atoms with Crippen LogP contribution in [0.5, 0.6) is 0 Å². The van der Waals surface area contributed by atoms with Crippen LogP contribution in [-0.2, 0) is 4.79 Å². The molecular weight excluding hydrogens is 393 g/mol. The van der Waals surface area contributed by atoms with Crippen molar-refractivity contribution in [1.29, 1.82) is 0 Å². The Bertz CT molecular complexity index is 846. The molecule has 4 nitrogen and oxygen atoms in total. The molecule has 0 spiro atoms. The van der Waals surface area contributed by atoms with Gasteiger partial charge in [0.15, 0.2) is 0 Å². The van der Waals surface area contributed by atoms with E-state index in [2.05, 4.69) is 15.6 Å². The lowest BCUT2D eigenvalue weighted by atomic mass is 9.89. The quantitative estimate of drug-likeness (QED) is 0.637. The van der Waals surface area contributed by atoms with Crippen molar-refractivity contribution < 1.29 is 4.79 Å². The molecular formula is C22H25Cl2N3O. The summed E-state index contributed by atoms with van der Waals surface area (Å²) >= 11 is 12.3. The lowest BCUT2D eigenvalue weighted by Crippen LogP contribution is -2.28. The van der Waals surface area contributed by atoms with Crippen molar-refractivity contribution >= 4 is 40.4 Å². The molecule has 1 amide bonds. The van der Waals surface area contributed by atoms with E-state index in [-0.39, 0.29) is 5.91 Å². The second-order valence-electron chi connectivity index (χ2n) is 7.08. The number of benzene rings is 1. The molecule has 0 bridgehead atoms. The molecule has 1 aromatic carbocycles. The van der Waals surface area contributed by atoms with Gasteiger partial charge in [0.05, 0.1) is 21.3 Å². The zero-order chi connectivity index (χ0) is 19.9. The molecule has 1 heterocycles. The molecule has 1 saturated carbocycles. The van der Waals surface area contributed by atoms with Gasteiger partial charge >= 0.3 is 0 Å². The van der Waals surface area contributed by atoms with Gasteiger partial charge in [0.1, 0.15) is 0 Å². The van der Waals surface area contributed by atoms with E-state index in [0.717, 1.165) is 23.4 Å². The molecule has 1 aliphatic carbocycles. The Balaban J connectivity index is 2.05. The Kier molecular flexibility index (Phi) is 7.35. The number of pyridine rings is 1. The van der Waals surface area contributed by atoms with Crippen molar-refractivity contribution in [3.05, 3.63) is 63.9 Å². The van der Waals surface area contributed by atoms with Crippen LogP contribution in [0.1, 0.15) is 43.2 Å². The Morgan fingerprint density at radius 3 is 2.39 bits per heavy atom.